The van der Waals surface area contributed by atoms with Crippen LogP contribution < -0.4 is 5.32 Å². The molecule has 0 atom stereocenters. The van der Waals surface area contributed by atoms with Gasteiger partial charge in [-0.3, -0.25) is 4.79 Å². The molecule has 0 unspecified atom stereocenters. The number of amides is 1. The van der Waals surface area contributed by atoms with Crippen LogP contribution in [-0.4, -0.2) is 23.2 Å². The molecule has 0 saturated heterocycles. The van der Waals surface area contributed by atoms with E-state index in [2.05, 4.69) is 21.2 Å². The van der Waals surface area contributed by atoms with Gasteiger partial charge < -0.3 is 5.32 Å². The molecule has 0 saturated carbocycles. The van der Waals surface area contributed by atoms with Crippen LogP contribution in [0.4, 0.5) is 4.39 Å². The van der Waals surface area contributed by atoms with E-state index in [-0.39, 0.29) is 17.3 Å². The highest BCUT2D eigenvalue weighted by atomic mass is 79.9. The molecule has 1 amide bonds. The van der Waals surface area contributed by atoms with Crippen LogP contribution in [-0.2, 0) is 0 Å². The minimum absolute atomic E-state index is 0.200. The van der Waals surface area contributed by atoms with Crippen molar-refractivity contribution in [1.29, 1.82) is 0 Å². The van der Waals surface area contributed by atoms with Crippen molar-refractivity contribution in [3.05, 3.63) is 34.1 Å². The quantitative estimate of drug-likeness (QED) is 0.795. The smallest absolute Gasteiger partial charge is 0.253 e. The summed E-state index contributed by atoms with van der Waals surface area (Å²) in [4.78, 5) is 12.1. The zero-order chi connectivity index (χ0) is 13.8. The molecule has 0 aliphatic heterocycles. The average molecular weight is 357 g/mol. The van der Waals surface area contributed by atoms with Gasteiger partial charge in [-0.1, -0.05) is 6.92 Å². The van der Waals surface area contributed by atoms with Gasteiger partial charge in [-0.2, -0.15) is 0 Å². The average Bonchev–Trinajstić information content (AvgIpc) is 2.38. The van der Waals surface area contributed by atoms with Crippen LogP contribution in [0.5, 0.6) is 0 Å². The molecular formula is C12H13BrCl2FNO. The van der Waals surface area contributed by atoms with Gasteiger partial charge in [0.05, 0.1) is 11.1 Å². The van der Waals surface area contributed by atoms with E-state index in [9.17, 15) is 9.18 Å². The van der Waals surface area contributed by atoms with E-state index >= 15 is 0 Å². The first kappa shape index (κ1) is 15.7. The Morgan fingerprint density at radius 3 is 2.56 bits per heavy atom. The molecule has 1 N–H and O–H groups in total. The van der Waals surface area contributed by atoms with Gasteiger partial charge in [-0.15, -0.1) is 23.2 Å². The van der Waals surface area contributed by atoms with Crippen LogP contribution in [0.3, 0.4) is 0 Å². The summed E-state index contributed by atoms with van der Waals surface area (Å²) in [5.74, 6) is -0.469. The van der Waals surface area contributed by atoms with Crippen LogP contribution in [0.2, 0.25) is 0 Å². The summed E-state index contributed by atoms with van der Waals surface area (Å²) in [6.07, 6.45) is 0.596. The van der Waals surface area contributed by atoms with E-state index < -0.39 is 17.3 Å². The summed E-state index contributed by atoms with van der Waals surface area (Å²) in [6.45, 7) is 1.88. The van der Waals surface area contributed by atoms with Crippen molar-refractivity contribution in [2.75, 3.05) is 11.8 Å². The topological polar surface area (TPSA) is 29.1 Å². The van der Waals surface area contributed by atoms with Crippen molar-refractivity contribution < 1.29 is 9.18 Å². The summed E-state index contributed by atoms with van der Waals surface area (Å²) in [6, 6.07) is 3.93. The predicted octanol–water partition coefficient (Wildman–Crippen LogP) is 3.94. The maximum absolute atomic E-state index is 13.1. The largest absolute Gasteiger partial charge is 0.344 e. The number of carbonyl (C=O) groups excluding carboxylic acids is 1. The highest BCUT2D eigenvalue weighted by Gasteiger charge is 2.29. The van der Waals surface area contributed by atoms with E-state index in [1.54, 1.807) is 0 Å². The molecule has 0 aliphatic carbocycles. The zero-order valence-corrected chi connectivity index (χ0v) is 12.9. The number of nitrogens with one attached hydrogen (secondary N) is 1. The summed E-state index contributed by atoms with van der Waals surface area (Å²) in [7, 11) is 0. The number of alkyl halides is 2. The molecule has 6 heteroatoms. The molecule has 1 rings (SSSR count). The summed E-state index contributed by atoms with van der Waals surface area (Å²) >= 11 is 14.9. The van der Waals surface area contributed by atoms with Gasteiger partial charge in [0.2, 0.25) is 0 Å². The van der Waals surface area contributed by atoms with Crippen molar-refractivity contribution in [2.45, 2.75) is 18.9 Å². The van der Waals surface area contributed by atoms with E-state index in [1.807, 2.05) is 6.92 Å². The zero-order valence-electron chi connectivity index (χ0n) is 9.77. The monoisotopic (exact) mass is 355 g/mol. The number of halogens is 4. The molecule has 1 aromatic rings. The first-order chi connectivity index (χ1) is 8.48. The lowest BCUT2D eigenvalue weighted by molar-refractivity contribution is 0.0912. The van der Waals surface area contributed by atoms with Gasteiger partial charge in [-0.25, -0.2) is 4.39 Å². The summed E-state index contributed by atoms with van der Waals surface area (Å²) in [5.41, 5.74) is -0.450. The third-order valence-corrected chi connectivity index (χ3v) is 4.45. The maximum Gasteiger partial charge on any atom is 0.253 e. The molecule has 0 spiro atoms. The number of rotatable bonds is 5. The molecule has 0 aromatic heterocycles. The fourth-order valence-electron chi connectivity index (χ4n) is 1.36. The minimum Gasteiger partial charge on any atom is -0.344 e. The second-order valence-corrected chi connectivity index (χ2v) is 5.37. The fourth-order valence-corrected chi connectivity index (χ4v) is 2.58. The fraction of sp³-hybridized carbons (Fsp3) is 0.417. The van der Waals surface area contributed by atoms with Crippen LogP contribution >= 0.6 is 39.1 Å². The Hall–Kier alpha value is -0.320. The van der Waals surface area contributed by atoms with E-state index in [0.717, 1.165) is 0 Å². The molecule has 100 valence electrons. The first-order valence-electron chi connectivity index (χ1n) is 5.37. The van der Waals surface area contributed by atoms with Gasteiger partial charge >= 0.3 is 0 Å². The Morgan fingerprint density at radius 1 is 1.44 bits per heavy atom. The number of carbonyl (C=O) groups is 1. The van der Waals surface area contributed by atoms with Crippen molar-refractivity contribution in [3.8, 4) is 0 Å². The highest BCUT2D eigenvalue weighted by Crippen LogP contribution is 2.21. The Kier molecular flexibility index (Phi) is 5.89. The van der Waals surface area contributed by atoms with Crippen LogP contribution in [0.15, 0.2) is 22.7 Å². The molecule has 0 heterocycles. The minimum atomic E-state index is -0.675. The van der Waals surface area contributed by atoms with Crippen molar-refractivity contribution in [1.82, 2.24) is 5.32 Å². The van der Waals surface area contributed by atoms with Gasteiger partial charge in [0.1, 0.15) is 5.82 Å². The predicted molar refractivity (Wildman–Crippen MR) is 76.0 cm³/mol. The molecular weight excluding hydrogens is 344 g/mol. The van der Waals surface area contributed by atoms with Crippen LogP contribution in [0, 0.1) is 5.82 Å². The van der Waals surface area contributed by atoms with Gasteiger partial charge in [0.15, 0.2) is 0 Å². The maximum atomic E-state index is 13.1. The van der Waals surface area contributed by atoms with Gasteiger partial charge in [-0.05, 0) is 40.5 Å². The number of hydrogen-bond donors (Lipinski definition) is 1. The molecule has 1 aromatic carbocycles. The standard InChI is InChI=1S/C12H13BrCl2FNO/c1-2-12(6-14,7-15)17-11(18)9-5-8(16)3-4-10(9)13/h3-5H,2,6-7H2,1H3,(H,17,18). The lowest BCUT2D eigenvalue weighted by Gasteiger charge is -2.29. The van der Waals surface area contributed by atoms with Crippen molar-refractivity contribution in [2.24, 2.45) is 0 Å². The second kappa shape index (κ2) is 6.73. The Labute approximate surface area is 124 Å². The third-order valence-electron chi connectivity index (χ3n) is 2.74. The Balaban J connectivity index is 2.97. The number of hydrogen-bond acceptors (Lipinski definition) is 1. The Bertz CT molecular complexity index is 430. The van der Waals surface area contributed by atoms with Crippen LogP contribution in [0.25, 0.3) is 0 Å². The normalized spacial score (nSPS) is 11.4. The van der Waals surface area contributed by atoms with Crippen LogP contribution in [0.1, 0.15) is 23.7 Å². The molecule has 0 bridgehead atoms. The van der Waals surface area contributed by atoms with Crippen molar-refractivity contribution >= 4 is 45.0 Å². The third kappa shape index (κ3) is 3.59. The molecule has 0 aliphatic rings. The second-order valence-electron chi connectivity index (χ2n) is 3.98. The van der Waals surface area contributed by atoms with Gasteiger partial charge in [0.25, 0.3) is 5.91 Å². The highest BCUT2D eigenvalue weighted by molar-refractivity contribution is 9.10. The molecule has 0 radical (unpaired) electrons. The lowest BCUT2D eigenvalue weighted by Crippen LogP contribution is -2.51. The molecule has 2 nitrogen and oxygen atoms in total. The van der Waals surface area contributed by atoms with E-state index in [0.29, 0.717) is 10.9 Å². The van der Waals surface area contributed by atoms with E-state index in [1.165, 1.54) is 18.2 Å². The summed E-state index contributed by atoms with van der Waals surface area (Å²) < 4.78 is 13.7. The molecule has 18 heavy (non-hydrogen) atoms. The Morgan fingerprint density at radius 2 is 2.06 bits per heavy atom. The number of benzene rings is 1. The summed E-state index contributed by atoms with van der Waals surface area (Å²) in [5, 5.41) is 2.76. The van der Waals surface area contributed by atoms with E-state index in [4.69, 9.17) is 23.2 Å². The van der Waals surface area contributed by atoms with Crippen molar-refractivity contribution in [3.63, 3.8) is 0 Å². The first-order valence-corrected chi connectivity index (χ1v) is 7.23. The SMILES string of the molecule is CCC(CCl)(CCl)NC(=O)c1cc(F)ccc1Br. The lowest BCUT2D eigenvalue weighted by atomic mass is 10.0. The molecule has 0 fully saturated rings. The van der Waals surface area contributed by atoms with Gasteiger partial charge in [0, 0.05) is 16.2 Å².